The Morgan fingerprint density at radius 3 is 2.89 bits per heavy atom. The van der Waals surface area contributed by atoms with E-state index >= 15 is 0 Å². The summed E-state index contributed by atoms with van der Waals surface area (Å²) in [6.45, 7) is 3.72. The molecular formula is C13H21N3OS. The fraction of sp³-hybridized carbons (Fsp3) is 0.692. The van der Waals surface area contributed by atoms with Gasteiger partial charge in [0.15, 0.2) is 0 Å². The third-order valence-electron chi connectivity index (χ3n) is 3.30. The van der Waals surface area contributed by atoms with Crippen LogP contribution in [-0.4, -0.2) is 35.9 Å². The van der Waals surface area contributed by atoms with Crippen molar-refractivity contribution >= 4 is 11.8 Å². The predicted molar refractivity (Wildman–Crippen MR) is 73.7 cm³/mol. The van der Waals surface area contributed by atoms with Gasteiger partial charge in [-0.25, -0.2) is 4.98 Å². The molecule has 0 radical (unpaired) electrons. The highest BCUT2D eigenvalue weighted by Crippen LogP contribution is 2.18. The number of thioether (sulfide) groups is 1. The van der Waals surface area contributed by atoms with E-state index in [0.29, 0.717) is 6.61 Å². The summed E-state index contributed by atoms with van der Waals surface area (Å²) in [7, 11) is 0. The van der Waals surface area contributed by atoms with Crippen LogP contribution in [0.3, 0.4) is 0 Å². The maximum absolute atomic E-state index is 5.73. The molecule has 0 atom stereocenters. The largest absolute Gasteiger partial charge is 0.375 e. The summed E-state index contributed by atoms with van der Waals surface area (Å²) in [6.07, 6.45) is 9.20. The molecular weight excluding hydrogens is 246 g/mol. The second kappa shape index (κ2) is 7.71. The van der Waals surface area contributed by atoms with E-state index in [2.05, 4.69) is 15.3 Å². The van der Waals surface area contributed by atoms with Crippen LogP contribution in [0.2, 0.25) is 0 Å². The van der Waals surface area contributed by atoms with Gasteiger partial charge in [-0.05, 0) is 44.5 Å². The zero-order valence-electron chi connectivity index (χ0n) is 10.9. The molecule has 0 saturated carbocycles. The maximum Gasteiger partial charge on any atom is 0.120 e. The van der Waals surface area contributed by atoms with Crippen LogP contribution < -0.4 is 5.32 Å². The van der Waals surface area contributed by atoms with Gasteiger partial charge in [-0.15, -0.1) is 11.8 Å². The average Bonchev–Trinajstić information content (AvgIpc) is 2.45. The third kappa shape index (κ3) is 4.23. The van der Waals surface area contributed by atoms with Gasteiger partial charge in [-0.3, -0.25) is 4.98 Å². The van der Waals surface area contributed by atoms with Crippen molar-refractivity contribution in [2.75, 3.05) is 26.0 Å². The summed E-state index contributed by atoms with van der Waals surface area (Å²) in [5.74, 6) is 0.827. The first-order chi connectivity index (χ1) is 8.90. The molecule has 18 heavy (non-hydrogen) atoms. The molecule has 0 spiro atoms. The highest BCUT2D eigenvalue weighted by molar-refractivity contribution is 7.98. The van der Waals surface area contributed by atoms with Gasteiger partial charge in [-0.1, -0.05) is 0 Å². The molecule has 5 heteroatoms. The van der Waals surface area contributed by atoms with Gasteiger partial charge < -0.3 is 10.1 Å². The molecule has 2 heterocycles. The quantitative estimate of drug-likeness (QED) is 0.632. The van der Waals surface area contributed by atoms with E-state index in [9.17, 15) is 0 Å². The number of ether oxygens (including phenoxy) is 1. The summed E-state index contributed by atoms with van der Waals surface area (Å²) in [4.78, 5) is 8.59. The van der Waals surface area contributed by atoms with Crippen LogP contribution in [0, 0.1) is 5.92 Å². The minimum absolute atomic E-state index is 0.578. The average molecular weight is 267 g/mol. The molecule has 1 aromatic heterocycles. The van der Waals surface area contributed by atoms with E-state index in [0.717, 1.165) is 42.8 Å². The lowest BCUT2D eigenvalue weighted by Crippen LogP contribution is -2.28. The maximum atomic E-state index is 5.73. The van der Waals surface area contributed by atoms with Crippen LogP contribution >= 0.6 is 11.8 Å². The number of hydrogen-bond acceptors (Lipinski definition) is 5. The monoisotopic (exact) mass is 267 g/mol. The zero-order valence-corrected chi connectivity index (χ0v) is 11.7. The summed E-state index contributed by atoms with van der Waals surface area (Å²) < 4.78 is 5.73. The van der Waals surface area contributed by atoms with Gasteiger partial charge in [0.2, 0.25) is 0 Å². The van der Waals surface area contributed by atoms with Crippen molar-refractivity contribution < 1.29 is 4.74 Å². The molecule has 0 amide bonds. The Hall–Kier alpha value is -0.650. The second-order valence-electron chi connectivity index (χ2n) is 4.55. The highest BCUT2D eigenvalue weighted by Gasteiger charge is 2.12. The molecule has 4 nitrogen and oxygen atoms in total. The van der Waals surface area contributed by atoms with Gasteiger partial charge in [0, 0.05) is 19.0 Å². The van der Waals surface area contributed by atoms with Crippen molar-refractivity contribution in [1.82, 2.24) is 15.3 Å². The molecule has 1 aliphatic rings. The first-order valence-electron chi connectivity index (χ1n) is 6.52. The normalized spacial score (nSPS) is 16.9. The molecule has 1 saturated heterocycles. The van der Waals surface area contributed by atoms with E-state index in [4.69, 9.17) is 4.74 Å². The molecule has 1 aliphatic heterocycles. The van der Waals surface area contributed by atoms with E-state index in [-0.39, 0.29) is 0 Å². The van der Waals surface area contributed by atoms with Crippen LogP contribution in [0.5, 0.6) is 0 Å². The minimum atomic E-state index is 0.578. The number of piperidine rings is 1. The molecule has 0 aromatic carbocycles. The molecule has 1 fully saturated rings. The Kier molecular flexibility index (Phi) is 5.90. The number of nitrogens with zero attached hydrogens (tertiary/aromatic N) is 2. The zero-order chi connectivity index (χ0) is 12.6. The first-order valence-corrected chi connectivity index (χ1v) is 7.75. The summed E-state index contributed by atoms with van der Waals surface area (Å²) >= 11 is 1.62. The Morgan fingerprint density at radius 1 is 1.33 bits per heavy atom. The highest BCUT2D eigenvalue weighted by atomic mass is 32.2. The Labute approximate surface area is 113 Å². The van der Waals surface area contributed by atoms with Gasteiger partial charge in [-0.2, -0.15) is 0 Å². The van der Waals surface area contributed by atoms with Crippen molar-refractivity contribution in [2.45, 2.75) is 30.9 Å². The lowest BCUT2D eigenvalue weighted by Gasteiger charge is -2.22. The summed E-state index contributed by atoms with van der Waals surface area (Å²) in [6, 6.07) is 0. The molecule has 0 unspecified atom stereocenters. The van der Waals surface area contributed by atoms with Gasteiger partial charge in [0.05, 0.1) is 12.3 Å². The van der Waals surface area contributed by atoms with E-state index in [1.807, 2.05) is 6.26 Å². The predicted octanol–water partition coefficient (Wildman–Crippen LogP) is 2.10. The summed E-state index contributed by atoms with van der Waals surface area (Å²) in [5.41, 5.74) is 0.954. The van der Waals surface area contributed by atoms with Crippen LogP contribution in [-0.2, 0) is 11.3 Å². The van der Waals surface area contributed by atoms with Crippen molar-refractivity contribution in [2.24, 2.45) is 5.92 Å². The van der Waals surface area contributed by atoms with Crippen molar-refractivity contribution in [3.05, 3.63) is 18.1 Å². The van der Waals surface area contributed by atoms with E-state index in [1.165, 1.54) is 12.8 Å². The topological polar surface area (TPSA) is 47.0 Å². The second-order valence-corrected chi connectivity index (χ2v) is 5.34. The molecule has 1 N–H and O–H groups in total. The van der Waals surface area contributed by atoms with Crippen LogP contribution in [0.1, 0.15) is 25.0 Å². The SMILES string of the molecule is CSc1nccnc1COCCC1CCNCC1. The Morgan fingerprint density at radius 2 is 2.11 bits per heavy atom. The van der Waals surface area contributed by atoms with Crippen LogP contribution in [0.4, 0.5) is 0 Å². The molecule has 100 valence electrons. The molecule has 0 bridgehead atoms. The summed E-state index contributed by atoms with van der Waals surface area (Å²) in [5, 5.41) is 4.36. The van der Waals surface area contributed by atoms with Gasteiger partial charge in [0.25, 0.3) is 0 Å². The fourth-order valence-corrected chi connectivity index (χ4v) is 2.73. The van der Waals surface area contributed by atoms with E-state index < -0.39 is 0 Å². The molecule has 1 aromatic rings. The van der Waals surface area contributed by atoms with Crippen molar-refractivity contribution in [3.8, 4) is 0 Å². The van der Waals surface area contributed by atoms with E-state index in [1.54, 1.807) is 24.2 Å². The molecule has 2 rings (SSSR count). The van der Waals surface area contributed by atoms with Crippen molar-refractivity contribution in [1.29, 1.82) is 0 Å². The smallest absolute Gasteiger partial charge is 0.120 e. The van der Waals surface area contributed by atoms with Crippen LogP contribution in [0.25, 0.3) is 0 Å². The number of hydrogen-bond donors (Lipinski definition) is 1. The van der Waals surface area contributed by atoms with Gasteiger partial charge >= 0.3 is 0 Å². The van der Waals surface area contributed by atoms with Gasteiger partial charge in [0.1, 0.15) is 5.03 Å². The lowest BCUT2D eigenvalue weighted by atomic mass is 9.95. The first kappa shape index (κ1) is 13.8. The lowest BCUT2D eigenvalue weighted by molar-refractivity contribution is 0.0985. The number of rotatable bonds is 6. The molecule has 0 aliphatic carbocycles. The van der Waals surface area contributed by atoms with Crippen molar-refractivity contribution in [3.63, 3.8) is 0 Å². The standard InChI is InChI=1S/C13H21N3OS/c1-18-13-12(15-7-8-16-13)10-17-9-4-11-2-5-14-6-3-11/h7-8,11,14H,2-6,9-10H2,1H3. The van der Waals surface area contributed by atoms with Crippen LogP contribution in [0.15, 0.2) is 17.4 Å². The minimum Gasteiger partial charge on any atom is -0.375 e. The Balaban J connectivity index is 1.68. The fourth-order valence-electron chi connectivity index (χ4n) is 2.21. The number of nitrogens with one attached hydrogen (secondary N) is 1. The third-order valence-corrected chi connectivity index (χ3v) is 4.02. The number of aromatic nitrogens is 2. The Bertz CT molecular complexity index is 356.